The Morgan fingerprint density at radius 1 is 1.38 bits per heavy atom. The van der Waals surface area contributed by atoms with Crippen LogP contribution >= 0.6 is 11.3 Å². The van der Waals surface area contributed by atoms with Crippen LogP contribution in [0.2, 0.25) is 0 Å². The zero-order valence-electron chi connectivity index (χ0n) is 12.5. The fraction of sp³-hybridized carbons (Fsp3) is 0.375. The number of ether oxygens (including phenoxy) is 1. The average molecular weight is 304 g/mol. The molecule has 0 spiro atoms. The lowest BCUT2D eigenvalue weighted by atomic mass is 10.1. The second-order valence-electron chi connectivity index (χ2n) is 4.81. The Bertz CT molecular complexity index is 583. The molecule has 1 aromatic heterocycles. The summed E-state index contributed by atoms with van der Waals surface area (Å²) in [7, 11) is 0. The first kappa shape index (κ1) is 15.7. The molecule has 2 rings (SSSR count). The highest BCUT2D eigenvalue weighted by atomic mass is 32.1. The van der Waals surface area contributed by atoms with E-state index >= 15 is 0 Å². The van der Waals surface area contributed by atoms with Crippen molar-refractivity contribution in [1.29, 1.82) is 0 Å². The molecule has 2 aromatic rings. The molecular formula is C16H20N2O2S. The Hall–Kier alpha value is -1.72. The number of rotatable bonds is 6. The van der Waals surface area contributed by atoms with Crippen molar-refractivity contribution in [2.75, 3.05) is 6.61 Å². The number of thiazole rings is 1. The van der Waals surface area contributed by atoms with E-state index in [1.54, 1.807) is 11.3 Å². The van der Waals surface area contributed by atoms with Crippen LogP contribution in [0.1, 0.15) is 42.2 Å². The molecule has 0 aliphatic heterocycles. The summed E-state index contributed by atoms with van der Waals surface area (Å²) in [4.78, 5) is 16.7. The zero-order chi connectivity index (χ0) is 15.2. The van der Waals surface area contributed by atoms with Gasteiger partial charge in [0.05, 0.1) is 12.6 Å². The number of aromatic nitrogens is 1. The fourth-order valence-corrected chi connectivity index (χ4v) is 2.88. The van der Waals surface area contributed by atoms with Crippen LogP contribution in [-0.4, -0.2) is 17.6 Å². The van der Waals surface area contributed by atoms with Gasteiger partial charge in [-0.25, -0.2) is 9.78 Å². The van der Waals surface area contributed by atoms with Gasteiger partial charge in [0.25, 0.3) is 0 Å². The molecule has 2 unspecified atom stereocenters. The number of carbonyl (C=O) groups excluding carboxylic acids is 1. The predicted molar refractivity (Wildman–Crippen MR) is 84.2 cm³/mol. The fourth-order valence-electron chi connectivity index (χ4n) is 2.06. The van der Waals surface area contributed by atoms with E-state index in [0.717, 1.165) is 16.3 Å². The number of esters is 1. The highest BCUT2D eigenvalue weighted by Crippen LogP contribution is 2.23. The number of benzene rings is 1. The summed E-state index contributed by atoms with van der Waals surface area (Å²) in [5, 5.41) is 6.30. The van der Waals surface area contributed by atoms with E-state index in [9.17, 15) is 4.79 Å². The molecule has 0 aliphatic rings. The zero-order valence-corrected chi connectivity index (χ0v) is 13.3. The third-order valence-electron chi connectivity index (χ3n) is 3.08. The van der Waals surface area contributed by atoms with Crippen molar-refractivity contribution in [3.05, 3.63) is 52.0 Å². The molecule has 0 bridgehead atoms. The maximum absolute atomic E-state index is 12.2. The van der Waals surface area contributed by atoms with Crippen LogP contribution in [0.5, 0.6) is 0 Å². The van der Waals surface area contributed by atoms with Gasteiger partial charge in [-0.15, -0.1) is 11.3 Å². The van der Waals surface area contributed by atoms with Gasteiger partial charge in [-0.2, -0.15) is 0 Å². The molecule has 112 valence electrons. The summed E-state index contributed by atoms with van der Waals surface area (Å²) in [5.74, 6) is -0.260. The second kappa shape index (κ2) is 7.33. The van der Waals surface area contributed by atoms with E-state index in [-0.39, 0.29) is 12.0 Å². The monoisotopic (exact) mass is 304 g/mol. The van der Waals surface area contributed by atoms with E-state index < -0.39 is 6.04 Å². The topological polar surface area (TPSA) is 51.2 Å². The van der Waals surface area contributed by atoms with Gasteiger partial charge in [-0.1, -0.05) is 30.3 Å². The Labute approximate surface area is 129 Å². The first-order valence-corrected chi connectivity index (χ1v) is 7.89. The van der Waals surface area contributed by atoms with Gasteiger partial charge in [-0.3, -0.25) is 5.32 Å². The molecule has 4 nitrogen and oxygen atoms in total. The molecule has 0 saturated carbocycles. The van der Waals surface area contributed by atoms with Crippen LogP contribution in [0.3, 0.4) is 0 Å². The third kappa shape index (κ3) is 4.12. The van der Waals surface area contributed by atoms with Crippen molar-refractivity contribution in [3.63, 3.8) is 0 Å². The van der Waals surface area contributed by atoms with Gasteiger partial charge in [0, 0.05) is 11.1 Å². The lowest BCUT2D eigenvalue weighted by Crippen LogP contribution is -2.32. The molecule has 2 atom stereocenters. The molecule has 0 aliphatic carbocycles. The Balaban J connectivity index is 2.18. The van der Waals surface area contributed by atoms with Gasteiger partial charge in [0.15, 0.2) is 0 Å². The van der Waals surface area contributed by atoms with Gasteiger partial charge < -0.3 is 4.74 Å². The van der Waals surface area contributed by atoms with Gasteiger partial charge in [0.1, 0.15) is 11.0 Å². The lowest BCUT2D eigenvalue weighted by Gasteiger charge is -2.21. The second-order valence-corrected chi connectivity index (χ2v) is 5.70. The maximum Gasteiger partial charge on any atom is 0.327 e. The third-order valence-corrected chi connectivity index (χ3v) is 4.22. The van der Waals surface area contributed by atoms with Crippen LogP contribution in [0, 0.1) is 6.92 Å². The summed E-state index contributed by atoms with van der Waals surface area (Å²) in [6.45, 7) is 6.16. The molecule has 0 saturated heterocycles. The number of hydrogen-bond acceptors (Lipinski definition) is 5. The van der Waals surface area contributed by atoms with E-state index in [4.69, 9.17) is 4.74 Å². The minimum atomic E-state index is -0.481. The Morgan fingerprint density at radius 3 is 2.67 bits per heavy atom. The standard InChI is InChI=1S/C16H20N2O2S/c1-4-20-16(19)14(13-8-6-5-7-9-13)18-12(3)15-17-11(2)10-21-15/h5-10,12,14,18H,4H2,1-3H3. The van der Waals surface area contributed by atoms with Crippen LogP contribution in [0.15, 0.2) is 35.7 Å². The Kier molecular flexibility index (Phi) is 5.47. The van der Waals surface area contributed by atoms with E-state index in [0.29, 0.717) is 6.61 Å². The lowest BCUT2D eigenvalue weighted by molar-refractivity contribution is -0.146. The number of hydrogen-bond donors (Lipinski definition) is 1. The molecule has 1 N–H and O–H groups in total. The Morgan fingerprint density at radius 2 is 2.10 bits per heavy atom. The van der Waals surface area contributed by atoms with Gasteiger partial charge >= 0.3 is 5.97 Å². The van der Waals surface area contributed by atoms with Crippen LogP contribution in [-0.2, 0) is 9.53 Å². The normalized spacial score (nSPS) is 13.7. The number of carbonyl (C=O) groups is 1. The number of nitrogens with one attached hydrogen (secondary N) is 1. The van der Waals surface area contributed by atoms with Crippen molar-refractivity contribution in [2.45, 2.75) is 32.9 Å². The van der Waals surface area contributed by atoms with E-state index in [2.05, 4.69) is 10.3 Å². The van der Waals surface area contributed by atoms with Crippen molar-refractivity contribution in [3.8, 4) is 0 Å². The highest BCUT2D eigenvalue weighted by Gasteiger charge is 2.24. The first-order valence-electron chi connectivity index (χ1n) is 7.01. The summed E-state index contributed by atoms with van der Waals surface area (Å²) in [5.41, 5.74) is 1.90. The van der Waals surface area contributed by atoms with Crippen LogP contribution in [0.25, 0.3) is 0 Å². The quantitative estimate of drug-likeness (QED) is 0.831. The summed E-state index contributed by atoms with van der Waals surface area (Å²) in [6, 6.07) is 9.12. The minimum absolute atomic E-state index is 0.0155. The van der Waals surface area contributed by atoms with Crippen molar-refractivity contribution < 1.29 is 9.53 Å². The smallest absolute Gasteiger partial charge is 0.327 e. The number of aryl methyl sites for hydroxylation is 1. The molecule has 1 heterocycles. The van der Waals surface area contributed by atoms with E-state index in [1.165, 1.54) is 0 Å². The summed E-state index contributed by atoms with van der Waals surface area (Å²) >= 11 is 1.59. The van der Waals surface area contributed by atoms with Crippen molar-refractivity contribution >= 4 is 17.3 Å². The maximum atomic E-state index is 12.2. The average Bonchev–Trinajstić information content (AvgIpc) is 2.92. The largest absolute Gasteiger partial charge is 0.465 e. The van der Waals surface area contributed by atoms with Crippen molar-refractivity contribution in [2.24, 2.45) is 0 Å². The molecule has 1 aromatic carbocycles. The molecule has 0 radical (unpaired) electrons. The minimum Gasteiger partial charge on any atom is -0.465 e. The molecule has 0 amide bonds. The van der Waals surface area contributed by atoms with Crippen LogP contribution in [0.4, 0.5) is 0 Å². The van der Waals surface area contributed by atoms with Crippen molar-refractivity contribution in [1.82, 2.24) is 10.3 Å². The highest BCUT2D eigenvalue weighted by molar-refractivity contribution is 7.09. The van der Waals surface area contributed by atoms with Gasteiger partial charge in [0.2, 0.25) is 0 Å². The molecule has 0 fully saturated rings. The van der Waals surface area contributed by atoms with Gasteiger partial charge in [-0.05, 0) is 26.3 Å². The van der Waals surface area contributed by atoms with Crippen LogP contribution < -0.4 is 5.32 Å². The van der Waals surface area contributed by atoms with E-state index in [1.807, 2.05) is 56.5 Å². The summed E-state index contributed by atoms with van der Waals surface area (Å²) < 4.78 is 5.18. The number of nitrogens with zero attached hydrogens (tertiary/aromatic N) is 1. The molecular weight excluding hydrogens is 284 g/mol. The molecule has 5 heteroatoms. The SMILES string of the molecule is CCOC(=O)C(NC(C)c1nc(C)cs1)c1ccccc1. The molecule has 21 heavy (non-hydrogen) atoms. The predicted octanol–water partition coefficient (Wildman–Crippen LogP) is 3.41. The summed E-state index contributed by atoms with van der Waals surface area (Å²) in [6.07, 6.45) is 0. The first-order chi connectivity index (χ1) is 10.1.